The summed E-state index contributed by atoms with van der Waals surface area (Å²) in [5, 5.41) is 13.9. The number of carbonyl (C=O) groups excluding carboxylic acids is 1. The van der Waals surface area contributed by atoms with Crippen LogP contribution in [-0.2, 0) is 0 Å². The van der Waals surface area contributed by atoms with Gasteiger partial charge < -0.3 is 19.7 Å². The second kappa shape index (κ2) is 9.02. The first kappa shape index (κ1) is 19.6. The number of benzene rings is 1. The van der Waals surface area contributed by atoms with Gasteiger partial charge in [0.1, 0.15) is 0 Å². The predicted molar refractivity (Wildman–Crippen MR) is 86.3 cm³/mol. The van der Waals surface area contributed by atoms with Gasteiger partial charge in [0.2, 0.25) is 5.75 Å². The molecule has 0 saturated heterocycles. The van der Waals surface area contributed by atoms with Gasteiger partial charge in [-0.05, 0) is 13.1 Å². The van der Waals surface area contributed by atoms with Gasteiger partial charge >= 0.3 is 5.69 Å². The van der Waals surface area contributed by atoms with Gasteiger partial charge in [-0.1, -0.05) is 13.8 Å². The Morgan fingerprint density at radius 3 is 2.42 bits per heavy atom. The van der Waals surface area contributed by atoms with E-state index in [2.05, 4.69) is 10.2 Å². The molecule has 1 amide bonds. The Morgan fingerprint density at radius 2 is 1.96 bits per heavy atom. The molecule has 1 aromatic rings. The zero-order valence-corrected chi connectivity index (χ0v) is 14.2. The summed E-state index contributed by atoms with van der Waals surface area (Å²) in [5.41, 5.74) is -1.12. The van der Waals surface area contributed by atoms with E-state index in [1.54, 1.807) is 0 Å². The minimum atomic E-state index is -0.908. The molecule has 24 heavy (non-hydrogen) atoms. The van der Waals surface area contributed by atoms with Crippen LogP contribution >= 0.6 is 0 Å². The summed E-state index contributed by atoms with van der Waals surface area (Å²) in [7, 11) is 2.30. The number of methoxy groups -OCH3 is 2. The number of rotatable bonds is 9. The number of hydrogen-bond acceptors (Lipinski definition) is 6. The standard InChI is InChI=1S/C15H22FN3O5/c1-5-18(6-2)8-7-17-15(20)12-13(19(21)22)11(23-3)9-10(16)14(12)24-4/h9H,5-8H2,1-4H3,(H,17,20). The molecule has 1 N–H and O–H groups in total. The van der Waals surface area contributed by atoms with Crippen molar-refractivity contribution in [3.8, 4) is 11.5 Å². The van der Waals surface area contributed by atoms with Crippen LogP contribution in [0.4, 0.5) is 10.1 Å². The lowest BCUT2D eigenvalue weighted by molar-refractivity contribution is -0.386. The first-order valence-corrected chi connectivity index (χ1v) is 7.50. The van der Waals surface area contributed by atoms with E-state index in [0.29, 0.717) is 6.54 Å². The van der Waals surface area contributed by atoms with E-state index in [9.17, 15) is 19.3 Å². The Kier molecular flexibility index (Phi) is 7.37. The lowest BCUT2D eigenvalue weighted by atomic mass is 10.1. The molecule has 0 atom stereocenters. The highest BCUT2D eigenvalue weighted by molar-refractivity contribution is 6.02. The van der Waals surface area contributed by atoms with Gasteiger partial charge in [0, 0.05) is 19.2 Å². The zero-order valence-electron chi connectivity index (χ0n) is 14.2. The maximum atomic E-state index is 14.0. The maximum Gasteiger partial charge on any atom is 0.327 e. The van der Waals surface area contributed by atoms with Gasteiger partial charge in [-0.15, -0.1) is 0 Å². The van der Waals surface area contributed by atoms with Gasteiger partial charge in [-0.2, -0.15) is 0 Å². The van der Waals surface area contributed by atoms with E-state index in [4.69, 9.17) is 9.47 Å². The average Bonchev–Trinajstić information content (AvgIpc) is 2.56. The number of ether oxygens (including phenoxy) is 2. The molecule has 0 fully saturated rings. The summed E-state index contributed by atoms with van der Waals surface area (Å²) in [6.07, 6.45) is 0. The van der Waals surface area contributed by atoms with Crippen molar-refractivity contribution in [1.82, 2.24) is 10.2 Å². The van der Waals surface area contributed by atoms with Crippen molar-refractivity contribution >= 4 is 11.6 Å². The molecule has 0 heterocycles. The molecule has 0 aliphatic heterocycles. The van der Waals surface area contributed by atoms with Crippen molar-refractivity contribution in [2.24, 2.45) is 0 Å². The van der Waals surface area contributed by atoms with Crippen LogP contribution in [0.2, 0.25) is 0 Å². The lowest BCUT2D eigenvalue weighted by Crippen LogP contribution is -2.35. The number of likely N-dealkylation sites (N-methyl/N-ethyl adjacent to an activating group) is 1. The van der Waals surface area contributed by atoms with E-state index >= 15 is 0 Å². The van der Waals surface area contributed by atoms with Crippen LogP contribution in [0.15, 0.2) is 6.07 Å². The van der Waals surface area contributed by atoms with Crippen molar-refractivity contribution in [2.45, 2.75) is 13.8 Å². The van der Waals surface area contributed by atoms with E-state index in [-0.39, 0.29) is 12.3 Å². The Labute approximate surface area is 139 Å². The summed E-state index contributed by atoms with van der Waals surface area (Å²) < 4.78 is 23.7. The molecule has 9 heteroatoms. The van der Waals surface area contributed by atoms with Gasteiger partial charge in [0.25, 0.3) is 5.91 Å². The fraction of sp³-hybridized carbons (Fsp3) is 0.533. The van der Waals surface area contributed by atoms with E-state index in [1.807, 2.05) is 13.8 Å². The Hall–Kier alpha value is -2.42. The van der Waals surface area contributed by atoms with Crippen molar-refractivity contribution < 1.29 is 23.6 Å². The van der Waals surface area contributed by atoms with Crippen LogP contribution in [0, 0.1) is 15.9 Å². The summed E-state index contributed by atoms with van der Waals surface area (Å²) in [4.78, 5) is 25.0. The minimum Gasteiger partial charge on any atom is -0.493 e. The first-order valence-electron chi connectivity index (χ1n) is 7.50. The second-order valence-corrected chi connectivity index (χ2v) is 4.86. The highest BCUT2D eigenvalue weighted by Crippen LogP contribution is 2.39. The summed E-state index contributed by atoms with van der Waals surface area (Å²) in [5.74, 6) is -2.52. The zero-order chi connectivity index (χ0) is 18.3. The van der Waals surface area contributed by atoms with Crippen LogP contribution in [0.25, 0.3) is 0 Å². The van der Waals surface area contributed by atoms with Gasteiger partial charge in [0.15, 0.2) is 17.1 Å². The van der Waals surface area contributed by atoms with Gasteiger partial charge in [-0.3, -0.25) is 14.9 Å². The average molecular weight is 343 g/mol. The molecule has 0 radical (unpaired) electrons. The summed E-state index contributed by atoms with van der Waals surface area (Å²) >= 11 is 0. The van der Waals surface area contributed by atoms with E-state index in [0.717, 1.165) is 33.4 Å². The van der Waals surface area contributed by atoms with Crippen molar-refractivity contribution in [2.75, 3.05) is 40.4 Å². The van der Waals surface area contributed by atoms with E-state index in [1.165, 1.54) is 0 Å². The third-order valence-electron chi connectivity index (χ3n) is 3.61. The Bertz CT molecular complexity index is 605. The molecule has 0 aromatic heterocycles. The largest absolute Gasteiger partial charge is 0.493 e. The number of hydrogen-bond donors (Lipinski definition) is 1. The molecule has 0 spiro atoms. The number of nitro groups is 1. The highest BCUT2D eigenvalue weighted by atomic mass is 19.1. The number of carbonyl (C=O) groups is 1. The molecule has 0 aliphatic rings. The van der Waals surface area contributed by atoms with Crippen LogP contribution in [-0.4, -0.2) is 56.1 Å². The van der Waals surface area contributed by atoms with E-state index < -0.39 is 33.6 Å². The summed E-state index contributed by atoms with van der Waals surface area (Å²) in [6.45, 7) is 6.42. The molecule has 134 valence electrons. The number of nitrogens with zero attached hydrogens (tertiary/aromatic N) is 2. The molecular formula is C15H22FN3O5. The minimum absolute atomic E-state index is 0.264. The molecular weight excluding hydrogens is 321 g/mol. The highest BCUT2D eigenvalue weighted by Gasteiger charge is 2.33. The molecule has 0 saturated carbocycles. The Balaban J connectivity index is 3.17. The number of halogens is 1. The monoisotopic (exact) mass is 343 g/mol. The number of amides is 1. The quantitative estimate of drug-likeness (QED) is 0.543. The predicted octanol–water partition coefficient (Wildman–Crippen LogP) is 1.82. The third kappa shape index (κ3) is 4.31. The third-order valence-corrected chi connectivity index (χ3v) is 3.61. The molecule has 1 aromatic carbocycles. The Morgan fingerprint density at radius 1 is 1.33 bits per heavy atom. The van der Waals surface area contributed by atoms with Gasteiger partial charge in [-0.25, -0.2) is 4.39 Å². The summed E-state index contributed by atoms with van der Waals surface area (Å²) in [6, 6.07) is 0.823. The molecule has 1 rings (SSSR count). The second-order valence-electron chi connectivity index (χ2n) is 4.86. The van der Waals surface area contributed by atoms with Crippen LogP contribution in [0.3, 0.4) is 0 Å². The lowest BCUT2D eigenvalue weighted by Gasteiger charge is -2.18. The molecule has 0 bridgehead atoms. The smallest absolute Gasteiger partial charge is 0.327 e. The number of nitrogens with one attached hydrogen (secondary N) is 1. The fourth-order valence-corrected chi connectivity index (χ4v) is 2.30. The van der Waals surface area contributed by atoms with Gasteiger partial charge in [0.05, 0.1) is 19.1 Å². The fourth-order valence-electron chi connectivity index (χ4n) is 2.30. The van der Waals surface area contributed by atoms with Crippen LogP contribution < -0.4 is 14.8 Å². The molecule has 0 aliphatic carbocycles. The topological polar surface area (TPSA) is 93.9 Å². The van der Waals surface area contributed by atoms with Crippen LogP contribution in [0.1, 0.15) is 24.2 Å². The number of nitro benzene ring substituents is 1. The maximum absolute atomic E-state index is 14.0. The van der Waals surface area contributed by atoms with Crippen molar-refractivity contribution in [3.05, 3.63) is 27.6 Å². The first-order chi connectivity index (χ1) is 11.4. The molecule has 0 unspecified atom stereocenters. The van der Waals surface area contributed by atoms with Crippen molar-refractivity contribution in [3.63, 3.8) is 0 Å². The normalized spacial score (nSPS) is 10.6. The van der Waals surface area contributed by atoms with Crippen molar-refractivity contribution in [1.29, 1.82) is 0 Å². The molecule has 8 nitrogen and oxygen atoms in total. The van der Waals surface area contributed by atoms with Crippen LogP contribution in [0.5, 0.6) is 11.5 Å². The SMILES string of the molecule is CCN(CC)CCNC(=O)c1c(OC)c(F)cc(OC)c1[N+](=O)[O-].